The van der Waals surface area contributed by atoms with Gasteiger partial charge in [0.2, 0.25) is 0 Å². The predicted octanol–water partition coefficient (Wildman–Crippen LogP) is 3.06. The van der Waals surface area contributed by atoms with Crippen LogP contribution >= 0.6 is 0 Å². The van der Waals surface area contributed by atoms with Gasteiger partial charge < -0.3 is 26.3 Å². The number of hydrogen-bond donors (Lipinski definition) is 0. The van der Waals surface area contributed by atoms with Gasteiger partial charge in [0.15, 0.2) is 0 Å². The SMILES string of the molecule is C[Si](C)(C)[N-][Si](C)(C)C.C[Si](C)(C)[N-][Si](C)(C)C.[Br-].[Sm+3]. The number of halogens is 1. The Morgan fingerprint density at radius 1 is 0.400 bits per heavy atom. The van der Waals surface area contributed by atoms with E-state index in [1.807, 2.05) is 0 Å². The maximum Gasteiger partial charge on any atom is 3.00 e. The molecule has 0 aromatic rings. The van der Waals surface area contributed by atoms with Crippen LogP contribution in [0.15, 0.2) is 0 Å². The van der Waals surface area contributed by atoms with Gasteiger partial charge in [-0.3, -0.25) is 0 Å². The van der Waals surface area contributed by atoms with Gasteiger partial charge >= 0.3 is 40.4 Å². The van der Waals surface area contributed by atoms with Crippen molar-refractivity contribution in [2.45, 2.75) is 78.6 Å². The Morgan fingerprint density at radius 2 is 0.500 bits per heavy atom. The monoisotopic (exact) mass is 551 g/mol. The molecule has 0 fully saturated rings. The second-order valence-electron chi connectivity index (χ2n) is 8.91. The molecule has 0 saturated heterocycles. The van der Waals surface area contributed by atoms with E-state index in [0.29, 0.717) is 0 Å². The molecule has 0 saturated carbocycles. The smallest absolute Gasteiger partial charge is 1.00 e. The van der Waals surface area contributed by atoms with Crippen molar-refractivity contribution < 1.29 is 57.4 Å². The van der Waals surface area contributed by atoms with Crippen molar-refractivity contribution in [3.05, 3.63) is 9.30 Å². The van der Waals surface area contributed by atoms with Gasteiger partial charge in [0, 0.05) is 0 Å². The van der Waals surface area contributed by atoms with Crippen molar-refractivity contribution >= 4 is 32.9 Å². The van der Waals surface area contributed by atoms with Gasteiger partial charge in [-0.15, -0.1) is 0 Å². The number of rotatable bonds is 4. The molecule has 0 spiro atoms. The molecule has 1 radical (unpaired) electrons. The Kier molecular flexibility index (Phi) is 17.1. The predicted molar refractivity (Wildman–Crippen MR) is 100 cm³/mol. The Balaban J connectivity index is -0.000000116. The van der Waals surface area contributed by atoms with Crippen LogP contribution in [0.5, 0.6) is 0 Å². The summed E-state index contributed by atoms with van der Waals surface area (Å²) >= 11 is 0. The van der Waals surface area contributed by atoms with E-state index < -0.39 is 32.9 Å². The largest absolute Gasteiger partial charge is 3.00 e. The summed E-state index contributed by atoms with van der Waals surface area (Å²) in [6.07, 6.45) is 0. The first-order valence-corrected chi connectivity index (χ1v) is 20.7. The maximum atomic E-state index is 4.82. The summed E-state index contributed by atoms with van der Waals surface area (Å²) in [4.78, 5) is 0. The van der Waals surface area contributed by atoms with E-state index in [1.54, 1.807) is 0 Å². The summed E-state index contributed by atoms with van der Waals surface area (Å²) in [6, 6.07) is 0. The van der Waals surface area contributed by atoms with E-state index in [-0.39, 0.29) is 57.4 Å². The molecule has 0 bridgehead atoms. The first-order chi connectivity index (χ1) is 7.41. The van der Waals surface area contributed by atoms with Gasteiger partial charge in [0.1, 0.15) is 0 Å². The normalized spacial score (nSPS) is 12.6. The van der Waals surface area contributed by atoms with Crippen molar-refractivity contribution in [3.8, 4) is 0 Å². The third-order valence-electron chi connectivity index (χ3n) is 1.34. The zero-order valence-corrected chi connectivity index (χ0v) is 23.9. The Hall–Kier alpha value is 2.61. The molecule has 123 valence electrons. The Morgan fingerprint density at radius 3 is 0.500 bits per heavy atom. The van der Waals surface area contributed by atoms with Crippen molar-refractivity contribution in [3.63, 3.8) is 0 Å². The molecular formula is C12H36BrN2Si4Sm. The number of hydrogen-bond acceptors (Lipinski definition) is 0. The molecule has 0 aliphatic heterocycles. The second kappa shape index (κ2) is 11.2. The molecule has 0 atom stereocenters. The van der Waals surface area contributed by atoms with Crippen LogP contribution in [0.2, 0.25) is 78.6 Å². The van der Waals surface area contributed by atoms with Crippen LogP contribution in [0.1, 0.15) is 0 Å². The third-order valence-corrected chi connectivity index (χ3v) is 12.1. The van der Waals surface area contributed by atoms with Gasteiger partial charge in [0.05, 0.1) is 0 Å². The summed E-state index contributed by atoms with van der Waals surface area (Å²) in [5.74, 6) is 0. The van der Waals surface area contributed by atoms with E-state index in [9.17, 15) is 0 Å². The fourth-order valence-corrected chi connectivity index (χ4v) is 18.1. The minimum Gasteiger partial charge on any atom is -1.00 e. The van der Waals surface area contributed by atoms with Crippen LogP contribution in [-0.2, 0) is 0 Å². The summed E-state index contributed by atoms with van der Waals surface area (Å²) < 4.78 is 9.64. The van der Waals surface area contributed by atoms with Crippen molar-refractivity contribution in [2.75, 3.05) is 0 Å². The van der Waals surface area contributed by atoms with E-state index in [0.717, 1.165) is 0 Å². The van der Waals surface area contributed by atoms with Gasteiger partial charge in [-0.1, -0.05) is 112 Å². The molecule has 0 aliphatic carbocycles. The van der Waals surface area contributed by atoms with Crippen LogP contribution in [0.3, 0.4) is 0 Å². The number of nitrogens with zero attached hydrogens (tertiary/aromatic N) is 2. The van der Waals surface area contributed by atoms with Crippen molar-refractivity contribution in [1.29, 1.82) is 0 Å². The van der Waals surface area contributed by atoms with E-state index in [1.165, 1.54) is 0 Å². The van der Waals surface area contributed by atoms with Crippen LogP contribution in [0.25, 0.3) is 9.30 Å². The maximum absolute atomic E-state index is 4.82. The average Bonchev–Trinajstić information content (AvgIpc) is 1.64. The summed E-state index contributed by atoms with van der Waals surface area (Å²) in [7, 11) is -4.42. The molecule has 20 heavy (non-hydrogen) atoms. The summed E-state index contributed by atoms with van der Waals surface area (Å²) in [5.41, 5.74) is 0. The van der Waals surface area contributed by atoms with E-state index in [4.69, 9.17) is 9.30 Å². The van der Waals surface area contributed by atoms with Gasteiger partial charge in [-0.05, 0) is 0 Å². The minimum absolute atomic E-state index is 0. The van der Waals surface area contributed by atoms with E-state index in [2.05, 4.69) is 78.6 Å². The summed E-state index contributed by atoms with van der Waals surface area (Å²) in [5, 5.41) is 0. The Labute approximate surface area is 176 Å². The van der Waals surface area contributed by atoms with E-state index >= 15 is 0 Å². The summed E-state index contributed by atoms with van der Waals surface area (Å²) in [6.45, 7) is 27.6. The molecule has 0 rings (SSSR count). The van der Waals surface area contributed by atoms with Crippen LogP contribution in [0.4, 0.5) is 0 Å². The molecule has 0 aromatic heterocycles. The molecular weight excluding hydrogens is 515 g/mol. The first kappa shape index (κ1) is 30.5. The fourth-order valence-electron chi connectivity index (χ4n) is 2.01. The molecule has 0 N–H and O–H groups in total. The topological polar surface area (TPSA) is 28.2 Å². The second-order valence-corrected chi connectivity index (χ2v) is 28.1. The van der Waals surface area contributed by atoms with Crippen LogP contribution < -0.4 is 17.0 Å². The molecule has 0 unspecified atom stereocenters. The van der Waals surface area contributed by atoms with Crippen LogP contribution in [-0.4, -0.2) is 32.9 Å². The first-order valence-electron chi connectivity index (χ1n) is 6.89. The van der Waals surface area contributed by atoms with Crippen molar-refractivity contribution in [2.24, 2.45) is 0 Å². The molecule has 0 amide bonds. The van der Waals surface area contributed by atoms with Gasteiger partial charge in [-0.2, -0.15) is 0 Å². The molecule has 0 aliphatic rings. The Bertz CT molecular complexity index is 190. The third kappa shape index (κ3) is 37.1. The van der Waals surface area contributed by atoms with Crippen LogP contribution in [0, 0.1) is 40.4 Å². The molecule has 2 nitrogen and oxygen atoms in total. The molecule has 8 heteroatoms. The fraction of sp³-hybridized carbons (Fsp3) is 1.00. The zero-order valence-electron chi connectivity index (χ0n) is 15.7. The van der Waals surface area contributed by atoms with Gasteiger partial charge in [0.25, 0.3) is 0 Å². The quantitative estimate of drug-likeness (QED) is 0.482. The van der Waals surface area contributed by atoms with Crippen molar-refractivity contribution in [1.82, 2.24) is 0 Å². The average molecular weight is 551 g/mol. The molecule has 0 heterocycles. The zero-order chi connectivity index (χ0) is 15.4. The van der Waals surface area contributed by atoms with Gasteiger partial charge in [-0.25, -0.2) is 0 Å². The minimum atomic E-state index is -1.11. The molecule has 0 aromatic carbocycles. The standard InChI is InChI=1S/2C6H18NSi2.BrH.Sm/c2*1-8(2,3)7-9(4,5)6;;/h2*1-6H3;1H;/q2*-1;;+3/p-1.